The molecule has 1 aromatic heterocycles. The third-order valence-corrected chi connectivity index (χ3v) is 4.93. The lowest BCUT2D eigenvalue weighted by Gasteiger charge is -2.20. The number of rotatable bonds is 4. The van der Waals surface area contributed by atoms with Gasteiger partial charge in [0.15, 0.2) is 11.4 Å². The third-order valence-electron chi connectivity index (χ3n) is 4.93. The van der Waals surface area contributed by atoms with Gasteiger partial charge < -0.3 is 20.8 Å². The lowest BCUT2D eigenvalue weighted by Crippen LogP contribution is -2.38. The lowest BCUT2D eigenvalue weighted by atomic mass is 10.1. The van der Waals surface area contributed by atoms with Crippen molar-refractivity contribution in [2.75, 3.05) is 12.5 Å². The van der Waals surface area contributed by atoms with Gasteiger partial charge in [0.25, 0.3) is 11.8 Å². The van der Waals surface area contributed by atoms with Crippen LogP contribution in [0.15, 0.2) is 35.3 Å². The quantitative estimate of drug-likeness (QED) is 0.624. The molecule has 1 aliphatic rings. The number of benzene rings is 1. The van der Waals surface area contributed by atoms with Crippen LogP contribution in [0, 0.1) is 18.6 Å². The van der Waals surface area contributed by atoms with Crippen molar-refractivity contribution in [3.05, 3.63) is 74.7 Å². The number of halogens is 2. The molecule has 0 saturated carbocycles. The van der Waals surface area contributed by atoms with Gasteiger partial charge in [0.2, 0.25) is 5.43 Å². The summed E-state index contributed by atoms with van der Waals surface area (Å²) in [5, 5.41) is 5.08. The van der Waals surface area contributed by atoms with Gasteiger partial charge in [-0.3, -0.25) is 19.1 Å². The maximum absolute atomic E-state index is 14.1. The van der Waals surface area contributed by atoms with Gasteiger partial charge in [0.05, 0.1) is 13.2 Å². The van der Waals surface area contributed by atoms with Crippen molar-refractivity contribution < 1.29 is 23.1 Å². The fourth-order valence-corrected chi connectivity index (χ4v) is 3.34. The second-order valence-electron chi connectivity index (χ2n) is 7.58. The van der Waals surface area contributed by atoms with Crippen molar-refractivity contribution in [2.45, 2.75) is 39.4 Å². The molecule has 0 fully saturated rings. The fraction of sp³-hybridized carbons (Fsp3) is 0.318. The summed E-state index contributed by atoms with van der Waals surface area (Å²) in [6.45, 7) is 4.66. The van der Waals surface area contributed by atoms with E-state index in [2.05, 4.69) is 16.1 Å². The third kappa shape index (κ3) is 4.63. The molecule has 2 atom stereocenters. The first-order valence-electron chi connectivity index (χ1n) is 9.94. The summed E-state index contributed by atoms with van der Waals surface area (Å²) >= 11 is 0. The summed E-state index contributed by atoms with van der Waals surface area (Å²) in [4.78, 5) is 38.4. The van der Waals surface area contributed by atoms with Crippen molar-refractivity contribution in [3.8, 4) is 5.75 Å². The normalized spacial score (nSPS) is 18.9. The van der Waals surface area contributed by atoms with Crippen molar-refractivity contribution in [1.82, 2.24) is 15.3 Å². The molecule has 3 N–H and O–H groups in total. The first kappa shape index (κ1) is 23.0. The van der Waals surface area contributed by atoms with Crippen LogP contribution in [0.3, 0.4) is 0 Å². The van der Waals surface area contributed by atoms with Gasteiger partial charge in [-0.2, -0.15) is 0 Å². The predicted molar refractivity (Wildman–Crippen MR) is 114 cm³/mol. The number of hydrogen-bond donors (Lipinski definition) is 3. The zero-order valence-corrected chi connectivity index (χ0v) is 18.1. The molecule has 0 saturated heterocycles. The van der Waals surface area contributed by atoms with Crippen molar-refractivity contribution >= 4 is 11.8 Å². The molecule has 10 heteroatoms. The van der Waals surface area contributed by atoms with Crippen LogP contribution in [0.4, 0.5) is 8.78 Å². The Balaban J connectivity index is 2.00. The van der Waals surface area contributed by atoms with Crippen LogP contribution in [0.25, 0.3) is 0 Å². The number of nitrogens with zero attached hydrogens (tertiary/aromatic N) is 1. The van der Waals surface area contributed by atoms with Gasteiger partial charge in [0.1, 0.15) is 17.2 Å². The highest BCUT2D eigenvalue weighted by Crippen LogP contribution is 2.17. The Morgan fingerprint density at radius 1 is 1.16 bits per heavy atom. The summed E-state index contributed by atoms with van der Waals surface area (Å²) in [5.41, 5.74) is 1.78. The van der Waals surface area contributed by atoms with E-state index in [9.17, 15) is 23.2 Å². The number of fused-ring (bicyclic) bond motifs is 1. The van der Waals surface area contributed by atoms with Gasteiger partial charge in [-0.15, -0.1) is 0 Å². The molecule has 2 unspecified atom stereocenters. The molecular formula is C22H24F2N4O4. The second-order valence-corrected chi connectivity index (χ2v) is 7.58. The highest BCUT2D eigenvalue weighted by atomic mass is 19.1. The van der Waals surface area contributed by atoms with Crippen molar-refractivity contribution in [2.24, 2.45) is 0 Å². The van der Waals surface area contributed by atoms with E-state index in [1.165, 1.54) is 11.8 Å². The molecule has 1 aromatic carbocycles. The van der Waals surface area contributed by atoms with Crippen LogP contribution in [0.2, 0.25) is 0 Å². The topological polar surface area (TPSA) is 101 Å². The molecule has 2 amide bonds. The minimum atomic E-state index is -0.874. The van der Waals surface area contributed by atoms with Crippen molar-refractivity contribution in [1.29, 1.82) is 0 Å². The molecular weight excluding hydrogens is 422 g/mol. The Hall–Kier alpha value is -3.69. The predicted octanol–water partition coefficient (Wildman–Crippen LogP) is 1.99. The lowest BCUT2D eigenvalue weighted by molar-refractivity contribution is 0.0923. The van der Waals surface area contributed by atoms with Gasteiger partial charge >= 0.3 is 0 Å². The molecule has 2 heterocycles. The molecule has 0 spiro atoms. The molecule has 8 nitrogen and oxygen atoms in total. The van der Waals surface area contributed by atoms with Crippen LogP contribution in [0.1, 0.15) is 45.8 Å². The van der Waals surface area contributed by atoms with Gasteiger partial charge in [0, 0.05) is 24.3 Å². The standard InChI is InChI=1S/C22H24F2N4O4/c1-11-7-16(23)14(17(24)8-11)9-25-21(30)15-10-28-18(20(32-4)19(15)29)22(31)26-12(2)5-6-13(3)27-28/h5-8,10,12-13,27H,9H2,1-4H3,(H,25,30)(H,26,31)/b6-5-. The SMILES string of the molecule is COc1c2n(cc(C(=O)NCc3c(F)cc(C)cc3F)c1=O)NC(C)/C=C\C(C)NC2=O. The van der Waals surface area contributed by atoms with Crippen LogP contribution >= 0.6 is 0 Å². The number of aryl methyl sites for hydroxylation is 1. The van der Waals surface area contributed by atoms with E-state index in [1.807, 2.05) is 13.0 Å². The molecule has 3 rings (SSSR count). The smallest absolute Gasteiger partial charge is 0.274 e. The Kier molecular flexibility index (Phi) is 6.61. The minimum absolute atomic E-state index is 0.105. The van der Waals surface area contributed by atoms with E-state index in [1.54, 1.807) is 19.9 Å². The largest absolute Gasteiger partial charge is 0.491 e. The van der Waals surface area contributed by atoms with E-state index < -0.39 is 35.4 Å². The number of methoxy groups -OCH3 is 1. The average molecular weight is 446 g/mol. The maximum atomic E-state index is 14.1. The van der Waals surface area contributed by atoms with Crippen LogP contribution in [0.5, 0.6) is 5.75 Å². The first-order chi connectivity index (χ1) is 15.1. The second kappa shape index (κ2) is 9.21. The summed E-state index contributed by atoms with van der Waals surface area (Å²) in [7, 11) is 1.21. The van der Waals surface area contributed by atoms with Crippen LogP contribution in [-0.4, -0.2) is 35.7 Å². The van der Waals surface area contributed by atoms with Gasteiger partial charge in [-0.1, -0.05) is 12.2 Å². The molecule has 2 aromatic rings. The summed E-state index contributed by atoms with van der Waals surface area (Å²) in [5.74, 6) is -3.40. The van der Waals surface area contributed by atoms with E-state index in [-0.39, 0.29) is 34.7 Å². The maximum Gasteiger partial charge on any atom is 0.274 e. The highest BCUT2D eigenvalue weighted by Gasteiger charge is 2.27. The monoisotopic (exact) mass is 446 g/mol. The Bertz CT molecular complexity index is 1140. The van der Waals surface area contributed by atoms with Crippen LogP contribution < -0.4 is 26.2 Å². The number of aromatic nitrogens is 1. The zero-order valence-electron chi connectivity index (χ0n) is 18.1. The zero-order chi connectivity index (χ0) is 23.6. The summed E-state index contributed by atoms with van der Waals surface area (Å²) < 4.78 is 34.6. The van der Waals surface area contributed by atoms with Gasteiger partial charge in [-0.25, -0.2) is 8.78 Å². The van der Waals surface area contributed by atoms with Gasteiger partial charge in [-0.05, 0) is 38.5 Å². The molecule has 32 heavy (non-hydrogen) atoms. The fourth-order valence-electron chi connectivity index (χ4n) is 3.34. The van der Waals surface area contributed by atoms with E-state index in [0.717, 1.165) is 18.3 Å². The average Bonchev–Trinajstić information content (AvgIpc) is 2.76. The number of carbonyl (C=O) groups excluding carboxylic acids is 2. The van der Waals surface area contributed by atoms with Crippen molar-refractivity contribution in [3.63, 3.8) is 0 Å². The number of nitrogens with one attached hydrogen (secondary N) is 3. The Labute approximate surface area is 183 Å². The Morgan fingerprint density at radius 3 is 2.41 bits per heavy atom. The van der Waals surface area contributed by atoms with Crippen LogP contribution in [-0.2, 0) is 6.54 Å². The summed E-state index contributed by atoms with van der Waals surface area (Å²) in [6.07, 6.45) is 4.76. The molecule has 1 aliphatic heterocycles. The highest BCUT2D eigenvalue weighted by molar-refractivity contribution is 5.99. The number of pyridine rings is 1. The Morgan fingerprint density at radius 2 is 1.78 bits per heavy atom. The number of carbonyl (C=O) groups is 2. The molecule has 170 valence electrons. The molecule has 0 radical (unpaired) electrons. The van der Waals surface area contributed by atoms with E-state index in [0.29, 0.717) is 5.56 Å². The summed E-state index contributed by atoms with van der Waals surface area (Å²) in [6, 6.07) is 1.73. The molecule has 0 aliphatic carbocycles. The van der Waals surface area contributed by atoms with E-state index >= 15 is 0 Å². The molecule has 0 bridgehead atoms. The minimum Gasteiger partial charge on any atom is -0.491 e. The first-order valence-corrected chi connectivity index (χ1v) is 9.94. The van der Waals surface area contributed by atoms with E-state index in [4.69, 9.17) is 4.74 Å². The number of hydrogen-bond acceptors (Lipinski definition) is 5. The number of amides is 2. The number of ether oxygens (including phenoxy) is 1.